The summed E-state index contributed by atoms with van der Waals surface area (Å²) in [6.45, 7) is 2.97. The maximum absolute atomic E-state index is 10.4. The Bertz CT molecular complexity index is 124. The van der Waals surface area contributed by atoms with Crippen molar-refractivity contribution in [2.75, 3.05) is 0 Å². The summed E-state index contributed by atoms with van der Waals surface area (Å²) in [4.78, 5) is 20.6. The first-order valence-corrected chi connectivity index (χ1v) is 2.82. The van der Waals surface area contributed by atoms with Crippen LogP contribution in [0, 0.1) is 5.92 Å². The molecule has 0 fully saturated rings. The van der Waals surface area contributed by atoms with Crippen molar-refractivity contribution < 1.29 is 58.3 Å². The molecule has 14 heavy (non-hydrogen) atoms. The van der Waals surface area contributed by atoms with Gasteiger partial charge in [-0.3, -0.25) is 9.59 Å². The monoisotopic (exact) mass is 250 g/mol. The van der Waals surface area contributed by atoms with E-state index in [0.717, 1.165) is 0 Å². The van der Waals surface area contributed by atoms with Gasteiger partial charge in [-0.2, -0.15) is 0 Å². The van der Waals surface area contributed by atoms with Gasteiger partial charge in [0.1, 0.15) is 11.7 Å². The van der Waals surface area contributed by atoms with Crippen molar-refractivity contribution in [3.05, 3.63) is 0 Å². The van der Waals surface area contributed by atoms with Gasteiger partial charge in [-0.05, 0) is 13.3 Å². The van der Waals surface area contributed by atoms with Gasteiger partial charge in [0, 0.05) is 21.7 Å². The largest absolute Gasteiger partial charge is 0.481 e. The molecule has 0 heterocycles. The molecule has 0 aromatic heterocycles. The zero-order valence-corrected chi connectivity index (χ0v) is 9.61. The van der Waals surface area contributed by atoms with Gasteiger partial charge in [0.15, 0.2) is 0 Å². The minimum Gasteiger partial charge on any atom is -0.481 e. The van der Waals surface area contributed by atoms with E-state index in [4.69, 9.17) is 5.11 Å². The van der Waals surface area contributed by atoms with E-state index >= 15 is 0 Å². The summed E-state index contributed by atoms with van der Waals surface area (Å²) >= 11 is 0. The fourth-order valence-corrected chi connectivity index (χ4v) is 0.636. The predicted molar refractivity (Wildman–Crippen MR) is 46.6 cm³/mol. The molecular weight excluding hydrogens is 232 g/mol. The summed E-state index contributed by atoms with van der Waals surface area (Å²) in [5, 5.41) is 8.32. The van der Waals surface area contributed by atoms with Crippen molar-refractivity contribution in [2.24, 2.45) is 5.92 Å². The zero-order chi connectivity index (χ0) is 7.44. The number of rotatable bonds is 3. The van der Waals surface area contributed by atoms with E-state index in [-0.39, 0.29) is 49.4 Å². The first-order chi connectivity index (χ1) is 4.09. The smallest absolute Gasteiger partial charge is 0.314 e. The van der Waals surface area contributed by atoms with E-state index in [0.29, 0.717) is 6.42 Å². The fourth-order valence-electron chi connectivity index (χ4n) is 0.636. The average Bonchev–Trinajstić information content (AvgIpc) is 1.64. The minimum atomic E-state index is -1.02. The summed E-state index contributed by atoms with van der Waals surface area (Å²) in [5.74, 6) is -2.10. The first-order valence-electron chi connectivity index (χ1n) is 2.82. The standard InChI is InChI=1S/C6H10O3.4H2O.Ti/c1-3-5(4(2)7)6(8)9;;;;;/h5H,3H2,1-2H3,(H,8,9);4*1H2;. The van der Waals surface area contributed by atoms with Gasteiger partial charge in [-0.1, -0.05) is 6.92 Å². The van der Waals surface area contributed by atoms with E-state index in [1.807, 2.05) is 0 Å². The molecular formula is C6H18O7Ti. The Morgan fingerprint density at radius 1 is 1.14 bits per heavy atom. The van der Waals surface area contributed by atoms with Gasteiger partial charge >= 0.3 is 5.97 Å². The van der Waals surface area contributed by atoms with Crippen LogP contribution in [0.4, 0.5) is 0 Å². The molecule has 88 valence electrons. The maximum atomic E-state index is 10.4. The van der Waals surface area contributed by atoms with Crippen molar-refractivity contribution in [3.8, 4) is 0 Å². The van der Waals surface area contributed by atoms with Crippen LogP contribution in [0.5, 0.6) is 0 Å². The van der Waals surface area contributed by atoms with Crippen LogP contribution in [0.25, 0.3) is 0 Å². The molecule has 8 heteroatoms. The number of carboxylic acids is 1. The van der Waals surface area contributed by atoms with Crippen LogP contribution in [0.2, 0.25) is 0 Å². The molecule has 0 aromatic rings. The predicted octanol–water partition coefficient (Wildman–Crippen LogP) is -2.62. The summed E-state index contributed by atoms with van der Waals surface area (Å²) in [6, 6.07) is 0. The van der Waals surface area contributed by atoms with Crippen molar-refractivity contribution in [3.63, 3.8) is 0 Å². The number of aliphatic carboxylic acids is 1. The number of ketones is 1. The quantitative estimate of drug-likeness (QED) is 0.426. The Kier molecular flexibility index (Phi) is 49.2. The van der Waals surface area contributed by atoms with Crippen LogP contribution in [-0.2, 0) is 31.3 Å². The Balaban J connectivity index is -0.0000000320. The molecule has 0 rings (SSSR count). The molecule has 7 nitrogen and oxygen atoms in total. The molecule has 0 amide bonds. The normalized spacial score (nSPS) is 8.14. The SMILES string of the molecule is CCC(C(C)=O)C(=O)O.O.O.O.O.[Ti]. The number of carbonyl (C=O) groups excluding carboxylic acids is 1. The second kappa shape index (κ2) is 18.5. The van der Waals surface area contributed by atoms with Gasteiger partial charge in [-0.15, -0.1) is 0 Å². The molecule has 0 aliphatic carbocycles. The molecule has 0 aromatic carbocycles. The van der Waals surface area contributed by atoms with E-state index < -0.39 is 11.9 Å². The maximum Gasteiger partial charge on any atom is 0.314 e. The van der Waals surface area contributed by atoms with E-state index in [2.05, 4.69) is 0 Å². The third kappa shape index (κ3) is 14.2. The van der Waals surface area contributed by atoms with Crippen molar-refractivity contribution in [1.82, 2.24) is 0 Å². The minimum absolute atomic E-state index is 0. The summed E-state index contributed by atoms with van der Waals surface area (Å²) < 4.78 is 0. The molecule has 1 atom stereocenters. The van der Waals surface area contributed by atoms with Crippen molar-refractivity contribution in [2.45, 2.75) is 20.3 Å². The molecule has 0 radical (unpaired) electrons. The second-order valence-electron chi connectivity index (χ2n) is 1.91. The molecule has 1 unspecified atom stereocenters. The summed E-state index contributed by atoms with van der Waals surface area (Å²) in [7, 11) is 0. The second-order valence-corrected chi connectivity index (χ2v) is 1.91. The Morgan fingerprint density at radius 3 is 1.43 bits per heavy atom. The third-order valence-corrected chi connectivity index (χ3v) is 1.20. The van der Waals surface area contributed by atoms with Crippen LogP contribution >= 0.6 is 0 Å². The Labute approximate surface area is 96.6 Å². The van der Waals surface area contributed by atoms with Crippen LogP contribution in [0.3, 0.4) is 0 Å². The van der Waals surface area contributed by atoms with Crippen LogP contribution < -0.4 is 0 Å². The van der Waals surface area contributed by atoms with Gasteiger partial charge < -0.3 is 27.0 Å². The van der Waals surface area contributed by atoms with Crippen molar-refractivity contribution in [1.29, 1.82) is 0 Å². The molecule has 0 aliphatic heterocycles. The molecule has 0 saturated heterocycles. The molecule has 0 aliphatic rings. The van der Waals surface area contributed by atoms with E-state index in [9.17, 15) is 9.59 Å². The summed E-state index contributed by atoms with van der Waals surface area (Å²) in [6.07, 6.45) is 0.380. The zero-order valence-electron chi connectivity index (χ0n) is 8.05. The van der Waals surface area contributed by atoms with Crippen molar-refractivity contribution >= 4 is 11.8 Å². The fraction of sp³-hybridized carbons (Fsp3) is 0.667. The third-order valence-electron chi connectivity index (χ3n) is 1.20. The van der Waals surface area contributed by atoms with Crippen LogP contribution in [-0.4, -0.2) is 38.8 Å². The van der Waals surface area contributed by atoms with Gasteiger partial charge in [0.2, 0.25) is 0 Å². The van der Waals surface area contributed by atoms with Crippen LogP contribution in [0.1, 0.15) is 20.3 Å². The molecule has 0 saturated carbocycles. The van der Waals surface area contributed by atoms with Crippen LogP contribution in [0.15, 0.2) is 0 Å². The first kappa shape index (κ1) is 37.3. The topological polar surface area (TPSA) is 180 Å². The average molecular weight is 250 g/mol. The number of carboxylic acid groups (broad SMARTS) is 1. The van der Waals surface area contributed by atoms with Gasteiger partial charge in [0.05, 0.1) is 0 Å². The van der Waals surface area contributed by atoms with E-state index in [1.165, 1.54) is 6.92 Å². The Morgan fingerprint density at radius 2 is 1.43 bits per heavy atom. The summed E-state index contributed by atoms with van der Waals surface area (Å²) in [5.41, 5.74) is 0. The number of Topliss-reactive ketones (excluding diaryl/α,β-unsaturated/α-hetero) is 1. The molecule has 0 spiro atoms. The van der Waals surface area contributed by atoms with E-state index in [1.54, 1.807) is 6.92 Å². The number of hydrogen-bond donors (Lipinski definition) is 1. The molecule has 0 bridgehead atoms. The number of hydrogen-bond acceptors (Lipinski definition) is 2. The van der Waals surface area contributed by atoms with Gasteiger partial charge in [-0.25, -0.2) is 0 Å². The molecule has 9 N–H and O–H groups in total. The number of carbonyl (C=O) groups is 2. The van der Waals surface area contributed by atoms with Gasteiger partial charge in [0.25, 0.3) is 0 Å². The Hall–Kier alpha value is -0.306.